The summed E-state index contributed by atoms with van der Waals surface area (Å²) in [5.74, 6) is 0. The molecule has 0 saturated carbocycles. The minimum Gasteiger partial charge on any atom is -0.435 e. The first kappa shape index (κ1) is 177. The number of hydrogen-bond acceptors (Lipinski definition) is 5. The summed E-state index contributed by atoms with van der Waals surface area (Å²) in [5, 5.41) is 0. The Labute approximate surface area is 81.8 Å². The maximum absolute atomic E-state index is 4.91. The van der Waals surface area contributed by atoms with Crippen LogP contribution < -0.4 is 0 Å². The van der Waals surface area contributed by atoms with Crippen molar-refractivity contribution < 1.29 is 20.6 Å². The van der Waals surface area contributed by atoms with Crippen molar-refractivity contribution in [2.75, 3.05) is 0 Å². The molecular weight excluding hydrogens is 3990 g/mol. The van der Waals surface area contributed by atoms with Crippen molar-refractivity contribution in [3.8, 4) is 0 Å². The minimum atomic E-state index is -1.78. The summed E-state index contributed by atoms with van der Waals surface area (Å²) in [6, 6.07) is 0. The van der Waals surface area contributed by atoms with E-state index < -0.39 is 9.53 Å². The van der Waals surface area contributed by atoms with Gasteiger partial charge in [0.05, 0.1) is 0 Å². The van der Waals surface area contributed by atoms with E-state index in [1.165, 1.54) is 0 Å². The molecule has 0 atom stereocenters. The van der Waals surface area contributed by atoms with E-state index in [9.17, 15) is 0 Å². The summed E-state index contributed by atoms with van der Waals surface area (Å²) in [4.78, 5) is 0. The standard InChI is InChI=1S/O5Si6.14Rf/c6-1-9-4-11(3-8)5-10-2-7;;;;;;;;;;;;;;. The molecule has 0 spiro atoms. The molecule has 0 bridgehead atoms. The van der Waals surface area contributed by atoms with Crippen LogP contribution in [-0.2, 0) is 20.6 Å². The summed E-state index contributed by atoms with van der Waals surface area (Å²) in [6.45, 7) is 0. The fourth-order valence-corrected chi connectivity index (χ4v) is 3.42. The molecule has 0 saturated heterocycles. The van der Waals surface area contributed by atoms with Crippen LogP contribution in [0, 0.1) is 0 Å². The molecule has 0 fully saturated rings. The molecule has 0 heterocycles. The predicted molar refractivity (Wildman–Crippen MR) is 39.9 cm³/mol. The monoisotopic (exact) mass is 3990 g/mol. The van der Waals surface area contributed by atoms with Gasteiger partial charge in [0.25, 0.3) is 0 Å². The van der Waals surface area contributed by atoms with Crippen LogP contribution >= 0.6 is 0 Å². The zero-order valence-corrected chi connectivity index (χ0v) is 111. The van der Waals surface area contributed by atoms with Gasteiger partial charge in [0.2, 0.25) is 31.5 Å². The van der Waals surface area contributed by atoms with Gasteiger partial charge in [-0.15, -0.1) is 0 Å². The molecule has 0 aromatic rings. The zero-order valence-electron chi connectivity index (χ0n) is 14.9. The Bertz CT molecular complexity index is 94.1. The van der Waals surface area contributed by atoms with Crippen molar-refractivity contribution >= 4 is 61.0 Å². The van der Waals surface area contributed by atoms with Crippen molar-refractivity contribution in [1.82, 2.24) is 0 Å². The Balaban J connectivity index is -0.00000000549. The van der Waals surface area contributed by atoms with Gasteiger partial charge in [-0.1, -0.05) is 0 Å². The first-order valence-corrected chi connectivity index (χ1v) is 6.12. The Kier molecular flexibility index (Phi) is 957. The van der Waals surface area contributed by atoms with E-state index in [4.69, 9.17) is 8.23 Å². The largest absolute Gasteiger partial charge is 0.546 e. The third-order valence-electron chi connectivity index (χ3n) is 0.417. The predicted octanol–water partition coefficient (Wildman–Crippen LogP) is -2.63. The number of rotatable bonds is 7. The summed E-state index contributed by atoms with van der Waals surface area (Å²) in [7, 11) is 6.16. The molecule has 14 radical (unpaired) electrons. The van der Waals surface area contributed by atoms with Gasteiger partial charge in [0.1, 0.15) is 0 Å². The van der Waals surface area contributed by atoms with E-state index in [1.54, 1.807) is 0 Å². The molecule has 0 N–H and O–H groups in total. The van der Waals surface area contributed by atoms with Crippen LogP contribution in [0.2, 0.25) is 0 Å². The molecule has 0 amide bonds. The van der Waals surface area contributed by atoms with Gasteiger partial charge >= 0.3 is 29.5 Å². The van der Waals surface area contributed by atoms with Crippen LogP contribution in [0.15, 0.2) is 0 Å². The molecule has 5 nitrogen and oxygen atoms in total. The second kappa shape index (κ2) is 135. The maximum Gasteiger partial charge on any atom is 0.546 e. The van der Waals surface area contributed by atoms with E-state index in [0.29, 0.717) is 0 Å². The van der Waals surface area contributed by atoms with Gasteiger partial charge < -0.3 is 20.6 Å². The molecule has 25 heavy (non-hydrogen) atoms. The Morgan fingerprint density at radius 3 is 0.760 bits per heavy atom. The van der Waals surface area contributed by atoms with Crippen LogP contribution in [-0.4, -0.2) is 61.0 Å². The first-order chi connectivity index (χ1) is 5.35. The third-order valence-corrected chi connectivity index (χ3v) is 3.75. The summed E-state index contributed by atoms with van der Waals surface area (Å²) < 4.78 is 23.4. The Morgan fingerprint density at radius 1 is 0.440 bits per heavy atom. The second-order valence-electron chi connectivity index (χ2n) is 0.927. The maximum atomic E-state index is 4.91. The molecule has 0 rings (SSSR count). The van der Waals surface area contributed by atoms with E-state index in [1.807, 2.05) is 0 Å². The summed E-state index contributed by atoms with van der Waals surface area (Å²) >= 11 is 0. The average Bonchev–Trinajstić information content (AvgIpc) is 2.05. The van der Waals surface area contributed by atoms with Crippen molar-refractivity contribution in [2.45, 2.75) is 0 Å². The van der Waals surface area contributed by atoms with Crippen LogP contribution in [0.25, 0.3) is 0 Å². The van der Waals surface area contributed by atoms with Gasteiger partial charge in [0.15, 0.2) is 0 Å². The van der Waals surface area contributed by atoms with E-state index in [-0.39, 0.29) is 20.0 Å². The van der Waals surface area contributed by atoms with Crippen molar-refractivity contribution in [3.63, 3.8) is 0 Å². The van der Waals surface area contributed by atoms with E-state index in [2.05, 4.69) is 43.8 Å². The van der Waals surface area contributed by atoms with Crippen molar-refractivity contribution in [2.24, 2.45) is 0 Å². The van der Waals surface area contributed by atoms with E-state index in [0.717, 1.165) is 0 Å². The van der Waals surface area contributed by atoms with E-state index >= 15 is 0 Å². The average molecular weight is 3990 g/mol. The second-order valence-corrected chi connectivity index (χ2v) is 5.84. The summed E-state index contributed by atoms with van der Waals surface area (Å²) in [6.07, 6.45) is 0. The van der Waals surface area contributed by atoms with Crippen LogP contribution in [0.5, 0.6) is 0 Å². The van der Waals surface area contributed by atoms with Crippen molar-refractivity contribution in [3.05, 3.63) is 0 Å². The Morgan fingerprint density at radius 2 is 0.640 bits per heavy atom. The van der Waals surface area contributed by atoms with Gasteiger partial charge in [-0.2, -0.15) is 0 Å². The molecule has 0 aliphatic rings. The quantitative estimate of drug-likeness (QED) is 0.262. The van der Waals surface area contributed by atoms with Crippen LogP contribution in [0.1, 0.15) is 0 Å². The first-order valence-electron chi connectivity index (χ1n) is 2.04. The van der Waals surface area contributed by atoms with Gasteiger partial charge in [-0.05, 0) is 0 Å². The number of hydrogen-bond donors (Lipinski definition) is 0. The molecular formula is O5Rf14Si6. The smallest absolute Gasteiger partial charge is 0.435 e. The molecule has 82 valence electrons. The third kappa shape index (κ3) is 109. The van der Waals surface area contributed by atoms with Crippen LogP contribution in [0.4, 0.5) is 0 Å². The topological polar surface area (TPSA) is 46.2 Å². The molecule has 0 aromatic carbocycles. The van der Waals surface area contributed by atoms with Crippen molar-refractivity contribution in [1.29, 1.82) is 0 Å². The van der Waals surface area contributed by atoms with Gasteiger partial charge in [0, 0.05) is 0 Å². The fourth-order valence-electron chi connectivity index (χ4n) is 0.172. The van der Waals surface area contributed by atoms with Gasteiger partial charge in [-0.3, -0.25) is 0 Å². The molecule has 0 unspecified atom stereocenters. The van der Waals surface area contributed by atoms with Crippen LogP contribution in [0.3, 0.4) is 0 Å². The zero-order chi connectivity index (χ0) is 8.53. The SMILES string of the molecule is [Rf].[Rf].[Rf].[Rf].[Rf].[Rf].[Rf].[Rf].[Rf].[Rf].[Rf].[Rf].[Rf].[Rf].[Si]O[Si]O[Si](O[Si])O[Si]O[Si]. The fraction of sp³-hybridized carbons (Fsp3) is 0. The molecule has 0 aliphatic heterocycles. The van der Waals surface area contributed by atoms with Gasteiger partial charge in [-0.25, -0.2) is 0 Å². The Hall–Kier alpha value is -12.9. The molecule has 25 heteroatoms. The normalized spacial score (nSPS) is 4.80. The summed E-state index contributed by atoms with van der Waals surface area (Å²) in [5.41, 5.74) is 0. The molecule has 0 aromatic heterocycles. The molecule has 0 aliphatic carbocycles. The minimum absolute atomic E-state index is 0.